The lowest BCUT2D eigenvalue weighted by molar-refractivity contribution is -0.121. The average molecular weight is 284 g/mol. The number of anilines is 1. The molecule has 0 radical (unpaired) electrons. The zero-order valence-electron chi connectivity index (χ0n) is 11.9. The summed E-state index contributed by atoms with van der Waals surface area (Å²) in [7, 11) is 0. The van der Waals surface area contributed by atoms with Crippen LogP contribution in [0, 0.1) is 5.92 Å². The van der Waals surface area contributed by atoms with Gasteiger partial charge in [-0.15, -0.1) is 0 Å². The molecule has 1 aromatic heterocycles. The number of H-pyrrole nitrogens is 1. The smallest absolute Gasteiger partial charge is 0.229 e. The van der Waals surface area contributed by atoms with Crippen molar-refractivity contribution in [2.24, 2.45) is 11.7 Å². The lowest BCUT2D eigenvalue weighted by atomic mass is 9.84. The van der Waals surface area contributed by atoms with E-state index in [0.717, 1.165) is 42.6 Å². The molecule has 2 atom stereocenters. The van der Waals surface area contributed by atoms with Gasteiger partial charge in [0.05, 0.1) is 11.6 Å². The standard InChI is InChI=1S/C16H20N4O/c17-14-4-2-1-3-13(14)16(21)19-12-7-5-11(6-8-12)15-9-10-18-20-15/h5-10,13-14H,1-4,17H2,(H,18,20)(H,19,21). The van der Waals surface area contributed by atoms with E-state index >= 15 is 0 Å². The summed E-state index contributed by atoms with van der Waals surface area (Å²) in [5.74, 6) is -0.0254. The molecule has 4 N–H and O–H groups in total. The summed E-state index contributed by atoms with van der Waals surface area (Å²) in [6, 6.07) is 9.64. The van der Waals surface area contributed by atoms with Gasteiger partial charge < -0.3 is 11.1 Å². The predicted molar refractivity (Wildman–Crippen MR) is 82.6 cm³/mol. The Hall–Kier alpha value is -2.14. The van der Waals surface area contributed by atoms with Crippen LogP contribution in [0.15, 0.2) is 36.5 Å². The van der Waals surface area contributed by atoms with E-state index in [0.29, 0.717) is 0 Å². The van der Waals surface area contributed by atoms with E-state index in [-0.39, 0.29) is 17.9 Å². The number of carbonyl (C=O) groups is 1. The maximum atomic E-state index is 12.3. The van der Waals surface area contributed by atoms with E-state index in [4.69, 9.17) is 5.73 Å². The number of aromatic amines is 1. The molecular weight excluding hydrogens is 264 g/mol. The van der Waals surface area contributed by atoms with Crippen molar-refractivity contribution in [3.63, 3.8) is 0 Å². The molecule has 0 aliphatic heterocycles. The minimum Gasteiger partial charge on any atom is -0.327 e. The van der Waals surface area contributed by atoms with Crippen molar-refractivity contribution in [1.29, 1.82) is 0 Å². The van der Waals surface area contributed by atoms with E-state index in [9.17, 15) is 4.79 Å². The van der Waals surface area contributed by atoms with Gasteiger partial charge in [-0.3, -0.25) is 9.89 Å². The Kier molecular flexibility index (Phi) is 4.01. The average Bonchev–Trinajstić information content (AvgIpc) is 3.02. The number of rotatable bonds is 3. The molecule has 0 bridgehead atoms. The summed E-state index contributed by atoms with van der Waals surface area (Å²) in [5.41, 5.74) is 8.86. The van der Waals surface area contributed by atoms with Crippen LogP contribution in [0.5, 0.6) is 0 Å². The topological polar surface area (TPSA) is 83.8 Å². The summed E-state index contributed by atoms with van der Waals surface area (Å²) >= 11 is 0. The van der Waals surface area contributed by atoms with Crippen LogP contribution in [0.4, 0.5) is 5.69 Å². The molecule has 0 saturated heterocycles. The number of hydrogen-bond donors (Lipinski definition) is 3. The van der Waals surface area contributed by atoms with E-state index in [1.807, 2.05) is 30.3 Å². The number of aromatic nitrogens is 2. The van der Waals surface area contributed by atoms with Crippen LogP contribution in [-0.4, -0.2) is 22.1 Å². The highest BCUT2D eigenvalue weighted by molar-refractivity contribution is 5.93. The minimum absolute atomic E-state index is 0.0111. The van der Waals surface area contributed by atoms with E-state index in [1.165, 1.54) is 0 Å². The van der Waals surface area contributed by atoms with Crippen LogP contribution in [0.2, 0.25) is 0 Å². The molecule has 1 aliphatic carbocycles. The first-order valence-electron chi connectivity index (χ1n) is 7.40. The molecule has 5 nitrogen and oxygen atoms in total. The second-order valence-corrected chi connectivity index (χ2v) is 5.59. The van der Waals surface area contributed by atoms with Gasteiger partial charge >= 0.3 is 0 Å². The van der Waals surface area contributed by atoms with Gasteiger partial charge in [0.25, 0.3) is 0 Å². The third-order valence-electron chi connectivity index (χ3n) is 4.12. The molecule has 3 rings (SSSR count). The van der Waals surface area contributed by atoms with E-state index in [1.54, 1.807) is 6.20 Å². The largest absolute Gasteiger partial charge is 0.327 e. The van der Waals surface area contributed by atoms with Crippen LogP contribution in [0.25, 0.3) is 11.3 Å². The number of benzene rings is 1. The van der Waals surface area contributed by atoms with Crippen molar-refractivity contribution >= 4 is 11.6 Å². The molecule has 2 aromatic rings. The Balaban J connectivity index is 1.66. The first kappa shape index (κ1) is 13.8. The van der Waals surface area contributed by atoms with Gasteiger partial charge in [-0.25, -0.2) is 0 Å². The van der Waals surface area contributed by atoms with Crippen LogP contribution in [0.1, 0.15) is 25.7 Å². The predicted octanol–water partition coefficient (Wildman–Crippen LogP) is 2.53. The van der Waals surface area contributed by atoms with E-state index in [2.05, 4.69) is 15.5 Å². The molecule has 1 amide bonds. The number of nitrogens with one attached hydrogen (secondary N) is 2. The number of amides is 1. The lowest BCUT2D eigenvalue weighted by Gasteiger charge is -2.27. The Morgan fingerprint density at radius 1 is 1.19 bits per heavy atom. The van der Waals surface area contributed by atoms with Crippen molar-refractivity contribution in [1.82, 2.24) is 10.2 Å². The van der Waals surface area contributed by atoms with Gasteiger partial charge in [-0.2, -0.15) is 5.10 Å². The second kappa shape index (κ2) is 6.10. The molecule has 1 fully saturated rings. The monoisotopic (exact) mass is 284 g/mol. The SMILES string of the molecule is NC1CCCCC1C(=O)Nc1ccc(-c2ccn[nH]2)cc1. The fourth-order valence-electron chi connectivity index (χ4n) is 2.87. The summed E-state index contributed by atoms with van der Waals surface area (Å²) in [5, 5.41) is 9.82. The Labute approximate surface area is 123 Å². The fraction of sp³-hybridized carbons (Fsp3) is 0.375. The van der Waals surface area contributed by atoms with Crippen molar-refractivity contribution in [2.75, 3.05) is 5.32 Å². The quantitative estimate of drug-likeness (QED) is 0.809. The van der Waals surface area contributed by atoms with Gasteiger partial charge in [-0.1, -0.05) is 25.0 Å². The van der Waals surface area contributed by atoms with Crippen molar-refractivity contribution in [2.45, 2.75) is 31.7 Å². The summed E-state index contributed by atoms with van der Waals surface area (Å²) in [4.78, 5) is 12.3. The molecule has 1 aromatic carbocycles. The molecule has 21 heavy (non-hydrogen) atoms. The van der Waals surface area contributed by atoms with Crippen molar-refractivity contribution in [3.05, 3.63) is 36.5 Å². The first-order chi connectivity index (χ1) is 10.2. The molecule has 0 spiro atoms. The maximum Gasteiger partial charge on any atom is 0.229 e. The second-order valence-electron chi connectivity index (χ2n) is 5.59. The van der Waals surface area contributed by atoms with Gasteiger partial charge in [0.1, 0.15) is 0 Å². The van der Waals surface area contributed by atoms with Crippen molar-refractivity contribution in [3.8, 4) is 11.3 Å². The lowest BCUT2D eigenvalue weighted by Crippen LogP contribution is -2.40. The fourth-order valence-corrected chi connectivity index (χ4v) is 2.87. The van der Waals surface area contributed by atoms with Gasteiger partial charge in [0, 0.05) is 17.9 Å². The Bertz CT molecular complexity index is 591. The van der Waals surface area contributed by atoms with Crippen LogP contribution >= 0.6 is 0 Å². The molecule has 2 unspecified atom stereocenters. The van der Waals surface area contributed by atoms with Crippen LogP contribution < -0.4 is 11.1 Å². The highest BCUT2D eigenvalue weighted by Gasteiger charge is 2.28. The summed E-state index contributed by atoms with van der Waals surface area (Å²) < 4.78 is 0. The molecular formula is C16H20N4O. The molecule has 1 aliphatic rings. The summed E-state index contributed by atoms with van der Waals surface area (Å²) in [6.45, 7) is 0. The highest BCUT2D eigenvalue weighted by Crippen LogP contribution is 2.25. The number of carbonyl (C=O) groups excluding carboxylic acids is 1. The Morgan fingerprint density at radius 2 is 1.95 bits per heavy atom. The molecule has 1 heterocycles. The highest BCUT2D eigenvalue weighted by atomic mass is 16.1. The van der Waals surface area contributed by atoms with Crippen LogP contribution in [-0.2, 0) is 4.79 Å². The number of nitrogens with zero attached hydrogens (tertiary/aromatic N) is 1. The van der Waals surface area contributed by atoms with Gasteiger partial charge in [-0.05, 0) is 36.6 Å². The van der Waals surface area contributed by atoms with Gasteiger partial charge in [0.2, 0.25) is 5.91 Å². The third-order valence-corrected chi connectivity index (χ3v) is 4.12. The van der Waals surface area contributed by atoms with E-state index < -0.39 is 0 Å². The van der Waals surface area contributed by atoms with Crippen molar-refractivity contribution < 1.29 is 4.79 Å². The third kappa shape index (κ3) is 3.13. The van der Waals surface area contributed by atoms with Gasteiger partial charge in [0.15, 0.2) is 0 Å². The minimum atomic E-state index is -0.0639. The molecule has 5 heteroatoms. The normalized spacial score (nSPS) is 22.0. The Morgan fingerprint density at radius 3 is 2.62 bits per heavy atom. The zero-order chi connectivity index (χ0) is 14.7. The summed E-state index contributed by atoms with van der Waals surface area (Å²) in [6.07, 6.45) is 5.76. The zero-order valence-corrected chi connectivity index (χ0v) is 11.9. The van der Waals surface area contributed by atoms with Crippen LogP contribution in [0.3, 0.4) is 0 Å². The number of nitrogens with two attached hydrogens (primary N) is 1. The number of hydrogen-bond acceptors (Lipinski definition) is 3. The molecule has 1 saturated carbocycles. The molecule has 110 valence electrons. The first-order valence-corrected chi connectivity index (χ1v) is 7.40. The maximum absolute atomic E-state index is 12.3.